The largest absolute Gasteiger partial charge is 0.356 e. The maximum atomic E-state index is 5.43. The number of nitrogens with zero attached hydrogens (tertiary/aromatic N) is 2. The molecule has 1 atom stereocenters. The van der Waals surface area contributed by atoms with E-state index in [1.54, 1.807) is 0 Å². The molecule has 2 heterocycles. The minimum atomic E-state index is 0.550. The molecule has 0 aliphatic carbocycles. The van der Waals surface area contributed by atoms with E-state index in [9.17, 15) is 0 Å². The second kappa shape index (κ2) is 5.55. The zero-order chi connectivity index (χ0) is 13.1. The van der Waals surface area contributed by atoms with Gasteiger partial charge >= 0.3 is 0 Å². The van der Waals surface area contributed by atoms with Crippen molar-refractivity contribution in [3.63, 3.8) is 0 Å². The van der Waals surface area contributed by atoms with E-state index < -0.39 is 0 Å². The molecule has 1 aliphatic rings. The van der Waals surface area contributed by atoms with Crippen molar-refractivity contribution in [3.8, 4) is 11.3 Å². The van der Waals surface area contributed by atoms with Crippen LogP contribution in [-0.4, -0.2) is 35.7 Å². The van der Waals surface area contributed by atoms with Crippen molar-refractivity contribution in [1.29, 1.82) is 0 Å². The topological polar surface area (TPSA) is 41.3 Å². The van der Waals surface area contributed by atoms with Crippen LogP contribution in [-0.2, 0) is 6.54 Å². The molecule has 0 spiro atoms. The maximum absolute atomic E-state index is 5.43. The molecule has 1 saturated heterocycles. The zero-order valence-electron chi connectivity index (χ0n) is 11.2. The van der Waals surface area contributed by atoms with Crippen LogP contribution in [0.5, 0.6) is 0 Å². The van der Waals surface area contributed by atoms with Crippen molar-refractivity contribution >= 4 is 0 Å². The maximum Gasteiger partial charge on any atom is 0.167 e. The van der Waals surface area contributed by atoms with E-state index in [1.807, 2.05) is 36.4 Å². The van der Waals surface area contributed by atoms with Crippen LogP contribution >= 0.6 is 0 Å². The number of aromatic nitrogens is 1. The monoisotopic (exact) mass is 257 g/mol. The zero-order valence-corrected chi connectivity index (χ0v) is 11.2. The number of benzene rings is 1. The summed E-state index contributed by atoms with van der Waals surface area (Å²) in [5.74, 6) is 0.846. The summed E-state index contributed by atoms with van der Waals surface area (Å²) in [4.78, 5) is 2.41. The Bertz CT molecular complexity index is 523. The van der Waals surface area contributed by atoms with E-state index in [4.69, 9.17) is 4.52 Å². The van der Waals surface area contributed by atoms with Crippen LogP contribution in [0.15, 0.2) is 40.9 Å². The third-order valence-electron chi connectivity index (χ3n) is 3.46. The van der Waals surface area contributed by atoms with Gasteiger partial charge < -0.3 is 9.84 Å². The van der Waals surface area contributed by atoms with Crippen LogP contribution in [0.4, 0.5) is 0 Å². The molecule has 4 nitrogen and oxygen atoms in total. The Hall–Kier alpha value is -1.65. The van der Waals surface area contributed by atoms with Crippen molar-refractivity contribution in [2.45, 2.75) is 19.5 Å². The normalized spacial score (nSPS) is 20.6. The number of piperazine rings is 1. The van der Waals surface area contributed by atoms with Crippen molar-refractivity contribution in [1.82, 2.24) is 15.4 Å². The van der Waals surface area contributed by atoms with Crippen molar-refractivity contribution in [2.24, 2.45) is 0 Å². The van der Waals surface area contributed by atoms with Gasteiger partial charge in [-0.15, -0.1) is 0 Å². The fourth-order valence-electron chi connectivity index (χ4n) is 2.51. The smallest absolute Gasteiger partial charge is 0.167 e. The summed E-state index contributed by atoms with van der Waals surface area (Å²) < 4.78 is 5.43. The molecule has 100 valence electrons. The summed E-state index contributed by atoms with van der Waals surface area (Å²) in [6.45, 7) is 6.25. The molecule has 2 aromatic rings. The van der Waals surface area contributed by atoms with Gasteiger partial charge in [-0.05, 0) is 6.92 Å². The highest BCUT2D eigenvalue weighted by Crippen LogP contribution is 2.20. The van der Waals surface area contributed by atoms with Gasteiger partial charge in [-0.3, -0.25) is 4.90 Å². The first kappa shape index (κ1) is 12.4. The Labute approximate surface area is 113 Å². The molecule has 0 saturated carbocycles. The van der Waals surface area contributed by atoms with Crippen molar-refractivity contribution < 1.29 is 4.52 Å². The number of hydrogen-bond acceptors (Lipinski definition) is 4. The molecule has 1 aromatic heterocycles. The molecular weight excluding hydrogens is 238 g/mol. The van der Waals surface area contributed by atoms with Crippen LogP contribution in [0, 0.1) is 0 Å². The third-order valence-corrected chi connectivity index (χ3v) is 3.46. The molecule has 0 amide bonds. The fraction of sp³-hybridized carbons (Fsp3) is 0.400. The molecular formula is C15H19N3O. The molecule has 1 fully saturated rings. The summed E-state index contributed by atoms with van der Waals surface area (Å²) in [6.07, 6.45) is 0. The highest BCUT2D eigenvalue weighted by atomic mass is 16.5. The van der Waals surface area contributed by atoms with Gasteiger partial charge in [-0.25, -0.2) is 0 Å². The lowest BCUT2D eigenvalue weighted by molar-refractivity contribution is 0.195. The summed E-state index contributed by atoms with van der Waals surface area (Å²) in [5.41, 5.74) is 2.09. The summed E-state index contributed by atoms with van der Waals surface area (Å²) in [5, 5.41) is 7.62. The lowest BCUT2D eigenvalue weighted by Gasteiger charge is -2.30. The second-order valence-electron chi connectivity index (χ2n) is 5.14. The summed E-state index contributed by atoms with van der Waals surface area (Å²) in [6, 6.07) is 12.7. The van der Waals surface area contributed by atoms with Crippen LogP contribution in [0.25, 0.3) is 11.3 Å². The number of nitrogens with one attached hydrogen (secondary N) is 1. The lowest BCUT2D eigenvalue weighted by Crippen LogP contribution is -2.48. The van der Waals surface area contributed by atoms with Gasteiger partial charge in [-0.1, -0.05) is 35.5 Å². The Morgan fingerprint density at radius 2 is 2.21 bits per heavy atom. The quantitative estimate of drug-likeness (QED) is 0.914. The van der Waals surface area contributed by atoms with Gasteiger partial charge in [0, 0.05) is 43.9 Å². The Morgan fingerprint density at radius 3 is 3.00 bits per heavy atom. The summed E-state index contributed by atoms with van der Waals surface area (Å²) >= 11 is 0. The number of rotatable bonds is 3. The SMILES string of the molecule is CC1CN(Cc2cc(-c3ccccc3)on2)CCN1. The average molecular weight is 257 g/mol. The predicted octanol–water partition coefficient (Wildman–Crippen LogP) is 2.14. The van der Waals surface area contributed by atoms with E-state index in [1.165, 1.54) is 0 Å². The first-order valence-corrected chi connectivity index (χ1v) is 6.78. The van der Waals surface area contributed by atoms with E-state index in [2.05, 4.69) is 22.3 Å². The van der Waals surface area contributed by atoms with Gasteiger partial charge in [0.05, 0.1) is 5.69 Å². The van der Waals surface area contributed by atoms with Crippen molar-refractivity contribution in [2.75, 3.05) is 19.6 Å². The third kappa shape index (κ3) is 3.03. The van der Waals surface area contributed by atoms with Crippen LogP contribution in [0.2, 0.25) is 0 Å². The number of hydrogen-bond donors (Lipinski definition) is 1. The second-order valence-corrected chi connectivity index (χ2v) is 5.14. The molecule has 0 radical (unpaired) electrons. The summed E-state index contributed by atoms with van der Waals surface area (Å²) in [7, 11) is 0. The Morgan fingerprint density at radius 1 is 1.37 bits per heavy atom. The average Bonchev–Trinajstić information content (AvgIpc) is 2.88. The van der Waals surface area contributed by atoms with Gasteiger partial charge in [0.1, 0.15) is 0 Å². The van der Waals surface area contributed by atoms with E-state index >= 15 is 0 Å². The Kier molecular flexibility index (Phi) is 3.62. The molecule has 1 unspecified atom stereocenters. The lowest BCUT2D eigenvalue weighted by atomic mass is 10.1. The van der Waals surface area contributed by atoms with Gasteiger partial charge in [0.2, 0.25) is 0 Å². The highest BCUT2D eigenvalue weighted by molar-refractivity contribution is 5.56. The molecule has 19 heavy (non-hydrogen) atoms. The molecule has 1 N–H and O–H groups in total. The van der Waals surface area contributed by atoms with Crippen molar-refractivity contribution in [3.05, 3.63) is 42.1 Å². The predicted molar refractivity (Wildman–Crippen MR) is 74.7 cm³/mol. The molecule has 1 aliphatic heterocycles. The van der Waals surface area contributed by atoms with Crippen LogP contribution in [0.1, 0.15) is 12.6 Å². The molecule has 1 aromatic carbocycles. The highest BCUT2D eigenvalue weighted by Gasteiger charge is 2.17. The van der Waals surface area contributed by atoms with Crippen LogP contribution in [0.3, 0.4) is 0 Å². The minimum Gasteiger partial charge on any atom is -0.356 e. The van der Waals surface area contributed by atoms with E-state index in [-0.39, 0.29) is 0 Å². The van der Waals surface area contributed by atoms with E-state index in [0.717, 1.165) is 43.2 Å². The molecule has 0 bridgehead atoms. The minimum absolute atomic E-state index is 0.550. The van der Waals surface area contributed by atoms with Gasteiger partial charge in [-0.2, -0.15) is 0 Å². The first-order valence-electron chi connectivity index (χ1n) is 6.78. The standard InChI is InChI=1S/C15H19N3O/c1-12-10-18(8-7-16-12)11-14-9-15(19-17-14)13-5-3-2-4-6-13/h2-6,9,12,16H,7-8,10-11H2,1H3. The van der Waals surface area contributed by atoms with Gasteiger partial charge in [0.15, 0.2) is 5.76 Å². The van der Waals surface area contributed by atoms with Crippen LogP contribution < -0.4 is 5.32 Å². The first-order chi connectivity index (χ1) is 9.31. The molecule has 4 heteroatoms. The van der Waals surface area contributed by atoms with Gasteiger partial charge in [0.25, 0.3) is 0 Å². The van der Waals surface area contributed by atoms with E-state index in [0.29, 0.717) is 6.04 Å². The fourth-order valence-corrected chi connectivity index (χ4v) is 2.51. The molecule has 3 rings (SSSR count). The Balaban J connectivity index is 1.68.